The van der Waals surface area contributed by atoms with Gasteiger partial charge in [-0.1, -0.05) is 30.3 Å². The Morgan fingerprint density at radius 1 is 1.09 bits per heavy atom. The van der Waals surface area contributed by atoms with Crippen molar-refractivity contribution in [3.05, 3.63) is 64.7 Å². The number of nitrogens with one attached hydrogen (secondary N) is 1. The summed E-state index contributed by atoms with van der Waals surface area (Å²) in [6, 6.07) is 12.8. The van der Waals surface area contributed by atoms with Crippen LogP contribution in [0.25, 0.3) is 0 Å². The number of hydrogen-bond acceptors (Lipinski definition) is 6. The number of carbonyl (C=O) groups is 3. The predicted octanol–water partition coefficient (Wildman–Crippen LogP) is 0.850. The minimum Gasteiger partial charge on any atom is -0.489 e. The molecule has 1 N–H and O–H groups in total. The second-order valence-corrected chi connectivity index (χ2v) is 9.30. The average Bonchev–Trinajstić information content (AvgIpc) is 3.15. The number of benzene rings is 2. The van der Waals surface area contributed by atoms with E-state index in [2.05, 4.69) is 10.2 Å². The van der Waals surface area contributed by atoms with Crippen LogP contribution in [0.3, 0.4) is 0 Å². The van der Waals surface area contributed by atoms with E-state index in [4.69, 9.17) is 25.2 Å². The van der Waals surface area contributed by atoms with E-state index in [1.54, 1.807) is 12.1 Å². The molecular weight excluding hydrogens is 444 g/mol. The Labute approximate surface area is 206 Å². The zero-order valence-corrected chi connectivity index (χ0v) is 19.4. The summed E-state index contributed by atoms with van der Waals surface area (Å²) in [6.45, 7) is 3.09. The van der Waals surface area contributed by atoms with Crippen LogP contribution in [-0.4, -0.2) is 74.4 Å². The number of morpholine rings is 1. The molecule has 8 nitrogen and oxygen atoms in total. The van der Waals surface area contributed by atoms with Gasteiger partial charge in [-0.25, -0.2) is 0 Å². The van der Waals surface area contributed by atoms with Gasteiger partial charge in [0.1, 0.15) is 34.1 Å². The SMILES string of the molecule is [B]C1([B])CN(Cc2ccc(COc3cccc4c3CN(C3CCC(=O)NC3=O)C4=O)cc2)CCO1. The third-order valence-corrected chi connectivity index (χ3v) is 6.61. The van der Waals surface area contributed by atoms with E-state index in [1.165, 1.54) is 4.90 Å². The molecule has 0 aliphatic carbocycles. The summed E-state index contributed by atoms with van der Waals surface area (Å²) in [4.78, 5) is 40.4. The molecule has 4 radical (unpaired) electrons. The van der Waals surface area contributed by atoms with Gasteiger partial charge in [0.15, 0.2) is 0 Å². The lowest BCUT2D eigenvalue weighted by Crippen LogP contribution is -2.52. The van der Waals surface area contributed by atoms with Crippen LogP contribution in [0.2, 0.25) is 0 Å². The molecule has 35 heavy (non-hydrogen) atoms. The molecule has 5 rings (SSSR count). The van der Waals surface area contributed by atoms with E-state index in [9.17, 15) is 14.4 Å². The minimum absolute atomic E-state index is 0.216. The molecule has 3 amide bonds. The normalized spacial score (nSPS) is 22.1. The predicted molar refractivity (Wildman–Crippen MR) is 129 cm³/mol. The van der Waals surface area contributed by atoms with Crippen molar-refractivity contribution >= 4 is 33.4 Å². The fraction of sp³-hybridized carbons (Fsp3) is 0.400. The van der Waals surface area contributed by atoms with E-state index in [1.807, 2.05) is 30.3 Å². The highest BCUT2D eigenvalue weighted by Gasteiger charge is 2.40. The van der Waals surface area contributed by atoms with Gasteiger partial charge in [-0.2, -0.15) is 0 Å². The Hall–Kier alpha value is -3.10. The number of imide groups is 1. The molecule has 0 saturated carbocycles. The largest absolute Gasteiger partial charge is 0.489 e. The lowest BCUT2D eigenvalue weighted by molar-refractivity contribution is -0.136. The summed E-state index contributed by atoms with van der Waals surface area (Å²) in [5, 5.41) is 1.21. The molecule has 1 atom stereocenters. The number of nitrogens with zero attached hydrogens (tertiary/aromatic N) is 2. The Bertz CT molecular complexity index is 1150. The lowest BCUT2D eigenvalue weighted by atomic mass is 9.64. The van der Waals surface area contributed by atoms with Crippen molar-refractivity contribution in [3.63, 3.8) is 0 Å². The summed E-state index contributed by atoms with van der Waals surface area (Å²) >= 11 is 0. The van der Waals surface area contributed by atoms with Crippen molar-refractivity contribution < 1.29 is 23.9 Å². The van der Waals surface area contributed by atoms with Crippen LogP contribution in [0.1, 0.15) is 39.9 Å². The Kier molecular flexibility index (Phi) is 6.42. The molecule has 0 bridgehead atoms. The fourth-order valence-electron chi connectivity index (χ4n) is 4.83. The topological polar surface area (TPSA) is 88.2 Å². The second kappa shape index (κ2) is 9.51. The Morgan fingerprint density at radius 3 is 2.60 bits per heavy atom. The zero-order chi connectivity index (χ0) is 24.6. The molecule has 3 aliphatic heterocycles. The van der Waals surface area contributed by atoms with Crippen molar-refractivity contribution in [3.8, 4) is 5.75 Å². The van der Waals surface area contributed by atoms with Crippen LogP contribution in [0, 0.1) is 0 Å². The molecule has 2 fully saturated rings. The maximum Gasteiger partial charge on any atom is 0.255 e. The molecule has 10 heteroatoms. The van der Waals surface area contributed by atoms with Crippen LogP contribution in [0.5, 0.6) is 5.75 Å². The van der Waals surface area contributed by atoms with Crippen molar-refractivity contribution in [1.82, 2.24) is 15.1 Å². The monoisotopic (exact) mass is 469 g/mol. The fourth-order valence-corrected chi connectivity index (χ4v) is 4.83. The summed E-state index contributed by atoms with van der Waals surface area (Å²) in [7, 11) is 11.8. The minimum atomic E-state index is -1.11. The van der Waals surface area contributed by atoms with E-state index >= 15 is 0 Å². The van der Waals surface area contributed by atoms with E-state index in [-0.39, 0.29) is 24.8 Å². The highest BCUT2D eigenvalue weighted by Crippen LogP contribution is 2.34. The number of carbonyl (C=O) groups excluding carboxylic acids is 3. The average molecular weight is 469 g/mol. The van der Waals surface area contributed by atoms with Gasteiger partial charge in [-0.05, 0) is 29.7 Å². The number of hydrogen-bond donors (Lipinski definition) is 1. The first-order valence-electron chi connectivity index (χ1n) is 11.7. The smallest absolute Gasteiger partial charge is 0.255 e. The number of piperidine rings is 1. The Balaban J connectivity index is 1.22. The standard InChI is InChI=1S/C25H25B2N3O5/c26-25(27)15-29(10-11-35-25)12-16-4-6-17(7-5-16)14-34-21-3-1-2-18-19(21)13-30(24(18)33)20-8-9-22(31)28-23(20)32/h1-7,20H,8-15H2,(H,28,31,32). The van der Waals surface area contributed by atoms with Gasteiger partial charge in [-0.15, -0.1) is 0 Å². The van der Waals surface area contributed by atoms with Gasteiger partial charge < -0.3 is 14.4 Å². The molecule has 3 heterocycles. The quantitative estimate of drug-likeness (QED) is 0.499. The van der Waals surface area contributed by atoms with Crippen LogP contribution >= 0.6 is 0 Å². The third kappa shape index (κ3) is 5.13. The molecule has 0 spiro atoms. The van der Waals surface area contributed by atoms with Gasteiger partial charge >= 0.3 is 0 Å². The van der Waals surface area contributed by atoms with Crippen LogP contribution < -0.4 is 10.1 Å². The first-order chi connectivity index (χ1) is 16.8. The molecule has 0 aromatic heterocycles. The maximum absolute atomic E-state index is 13.0. The highest BCUT2D eigenvalue weighted by atomic mass is 16.5. The summed E-state index contributed by atoms with van der Waals surface area (Å²) < 4.78 is 11.4. The third-order valence-electron chi connectivity index (χ3n) is 6.61. The van der Waals surface area contributed by atoms with Crippen molar-refractivity contribution in [2.45, 2.75) is 44.0 Å². The Morgan fingerprint density at radius 2 is 1.86 bits per heavy atom. The number of fused-ring (bicyclic) bond motifs is 1. The highest BCUT2D eigenvalue weighted by molar-refractivity contribution is 6.39. The molecule has 2 saturated heterocycles. The zero-order valence-electron chi connectivity index (χ0n) is 19.4. The summed E-state index contributed by atoms with van der Waals surface area (Å²) in [5.74, 6) is -0.329. The van der Waals surface area contributed by atoms with E-state index < -0.39 is 17.3 Å². The summed E-state index contributed by atoms with van der Waals surface area (Å²) in [6.07, 6.45) is 0.551. The van der Waals surface area contributed by atoms with Gasteiger partial charge in [0.2, 0.25) is 11.8 Å². The molecule has 176 valence electrons. The van der Waals surface area contributed by atoms with Gasteiger partial charge in [0.25, 0.3) is 5.91 Å². The maximum atomic E-state index is 13.0. The van der Waals surface area contributed by atoms with E-state index in [0.29, 0.717) is 37.5 Å². The van der Waals surface area contributed by atoms with Crippen molar-refractivity contribution in [2.24, 2.45) is 0 Å². The van der Waals surface area contributed by atoms with Crippen molar-refractivity contribution in [2.75, 3.05) is 19.7 Å². The number of rotatable bonds is 6. The molecular formula is C25H25B2N3O5. The van der Waals surface area contributed by atoms with E-state index in [0.717, 1.165) is 29.8 Å². The molecule has 3 aliphatic rings. The second-order valence-electron chi connectivity index (χ2n) is 9.30. The summed E-state index contributed by atoms with van der Waals surface area (Å²) in [5.41, 5.74) is 3.42. The first-order valence-corrected chi connectivity index (χ1v) is 11.7. The molecule has 2 aromatic carbocycles. The van der Waals surface area contributed by atoms with Gasteiger partial charge in [0.05, 0.1) is 13.2 Å². The molecule has 1 unspecified atom stereocenters. The number of ether oxygens (including phenoxy) is 2. The molecule has 2 aromatic rings. The van der Waals surface area contributed by atoms with Crippen molar-refractivity contribution in [1.29, 1.82) is 0 Å². The lowest BCUT2D eigenvalue weighted by Gasteiger charge is -2.39. The van der Waals surface area contributed by atoms with Crippen LogP contribution in [-0.2, 0) is 34.0 Å². The number of amides is 3. The first kappa shape index (κ1) is 23.6. The van der Waals surface area contributed by atoms with Crippen LogP contribution in [0.15, 0.2) is 42.5 Å². The van der Waals surface area contributed by atoms with Gasteiger partial charge in [0, 0.05) is 42.6 Å². The van der Waals surface area contributed by atoms with Gasteiger partial charge in [-0.3, -0.25) is 24.6 Å². The van der Waals surface area contributed by atoms with Crippen LogP contribution in [0.4, 0.5) is 0 Å².